The SMILES string of the molecule is Cc1ccc([N+](=O)[O-])cc1S(=O)(=O)N1CCCC1CN1CCCC1. The molecule has 0 N–H and O–H groups in total. The van der Waals surface area contributed by atoms with Crippen molar-refractivity contribution in [1.29, 1.82) is 0 Å². The van der Waals surface area contributed by atoms with Gasteiger partial charge in [-0.2, -0.15) is 4.31 Å². The number of nitro benzene ring substituents is 1. The Morgan fingerprint density at radius 2 is 1.92 bits per heavy atom. The van der Waals surface area contributed by atoms with E-state index in [4.69, 9.17) is 0 Å². The molecule has 132 valence electrons. The Hall–Kier alpha value is -1.51. The highest BCUT2D eigenvalue weighted by Crippen LogP contribution is 2.30. The van der Waals surface area contributed by atoms with Crippen molar-refractivity contribution < 1.29 is 13.3 Å². The third kappa shape index (κ3) is 3.31. The van der Waals surface area contributed by atoms with Crippen molar-refractivity contribution in [1.82, 2.24) is 9.21 Å². The van der Waals surface area contributed by atoms with E-state index < -0.39 is 14.9 Å². The van der Waals surface area contributed by atoms with Gasteiger partial charge < -0.3 is 4.90 Å². The van der Waals surface area contributed by atoms with Crippen LogP contribution in [0.4, 0.5) is 5.69 Å². The van der Waals surface area contributed by atoms with Crippen LogP contribution in [-0.4, -0.2) is 54.8 Å². The van der Waals surface area contributed by atoms with E-state index in [1.54, 1.807) is 11.2 Å². The Balaban J connectivity index is 1.88. The molecular formula is C16H23N3O4S. The van der Waals surface area contributed by atoms with Gasteiger partial charge >= 0.3 is 0 Å². The van der Waals surface area contributed by atoms with E-state index in [1.165, 1.54) is 31.0 Å². The number of nitrogens with zero attached hydrogens (tertiary/aromatic N) is 3. The molecule has 0 saturated carbocycles. The molecule has 0 aromatic heterocycles. The van der Waals surface area contributed by atoms with Gasteiger partial charge in [0, 0.05) is 31.3 Å². The number of rotatable bonds is 5. The predicted molar refractivity (Wildman–Crippen MR) is 90.4 cm³/mol. The fourth-order valence-electron chi connectivity index (χ4n) is 3.68. The zero-order valence-corrected chi connectivity index (χ0v) is 14.7. The highest BCUT2D eigenvalue weighted by molar-refractivity contribution is 7.89. The average molecular weight is 353 g/mol. The lowest BCUT2D eigenvalue weighted by Gasteiger charge is -2.28. The maximum atomic E-state index is 13.1. The van der Waals surface area contributed by atoms with Gasteiger partial charge in [0.25, 0.3) is 5.69 Å². The number of nitro groups is 1. The summed E-state index contributed by atoms with van der Waals surface area (Å²) in [5.74, 6) is 0. The zero-order valence-electron chi connectivity index (χ0n) is 13.8. The summed E-state index contributed by atoms with van der Waals surface area (Å²) in [6, 6.07) is 4.01. The number of non-ortho nitro benzene ring substituents is 1. The molecule has 0 aliphatic carbocycles. The van der Waals surface area contributed by atoms with Crippen molar-refractivity contribution in [3.63, 3.8) is 0 Å². The van der Waals surface area contributed by atoms with Crippen molar-refractivity contribution >= 4 is 15.7 Å². The average Bonchev–Trinajstić information content (AvgIpc) is 3.19. The van der Waals surface area contributed by atoms with Crippen LogP contribution in [0, 0.1) is 17.0 Å². The van der Waals surface area contributed by atoms with Gasteiger partial charge in [-0.1, -0.05) is 6.07 Å². The lowest BCUT2D eigenvalue weighted by atomic mass is 10.2. The first-order valence-electron chi connectivity index (χ1n) is 8.39. The molecule has 2 aliphatic rings. The Kier molecular flexibility index (Phi) is 4.89. The second kappa shape index (κ2) is 6.78. The fraction of sp³-hybridized carbons (Fsp3) is 0.625. The van der Waals surface area contributed by atoms with E-state index >= 15 is 0 Å². The van der Waals surface area contributed by atoms with Gasteiger partial charge in [-0.3, -0.25) is 10.1 Å². The third-order valence-corrected chi connectivity index (χ3v) is 7.05. The number of sulfonamides is 1. The molecule has 1 aromatic rings. The smallest absolute Gasteiger partial charge is 0.270 e. The second-order valence-electron chi connectivity index (χ2n) is 6.63. The van der Waals surface area contributed by atoms with Gasteiger partial charge in [0.05, 0.1) is 9.82 Å². The monoisotopic (exact) mass is 353 g/mol. The molecule has 8 heteroatoms. The van der Waals surface area contributed by atoms with Crippen LogP contribution in [-0.2, 0) is 10.0 Å². The van der Waals surface area contributed by atoms with Gasteiger partial charge in [0.15, 0.2) is 0 Å². The van der Waals surface area contributed by atoms with Crippen LogP contribution in [0.1, 0.15) is 31.2 Å². The molecular weight excluding hydrogens is 330 g/mol. The summed E-state index contributed by atoms with van der Waals surface area (Å²) < 4.78 is 27.8. The first-order chi connectivity index (χ1) is 11.4. The van der Waals surface area contributed by atoms with E-state index in [-0.39, 0.29) is 16.6 Å². The Morgan fingerprint density at radius 3 is 2.58 bits per heavy atom. The topological polar surface area (TPSA) is 83.8 Å². The van der Waals surface area contributed by atoms with Crippen LogP contribution in [0.25, 0.3) is 0 Å². The standard InChI is InChI=1S/C16H23N3O4S/c1-13-6-7-14(19(20)21)11-16(13)24(22,23)18-10-4-5-15(18)12-17-8-2-3-9-17/h6-7,11,15H,2-5,8-10,12H2,1H3. The molecule has 0 radical (unpaired) electrons. The minimum atomic E-state index is -3.71. The van der Waals surface area contributed by atoms with Crippen molar-refractivity contribution in [3.8, 4) is 0 Å². The Bertz CT molecular complexity index is 729. The van der Waals surface area contributed by atoms with Crippen LogP contribution in [0.2, 0.25) is 0 Å². The molecule has 0 bridgehead atoms. The number of benzene rings is 1. The molecule has 0 spiro atoms. The third-order valence-electron chi connectivity index (χ3n) is 4.96. The molecule has 7 nitrogen and oxygen atoms in total. The molecule has 1 unspecified atom stereocenters. The summed E-state index contributed by atoms with van der Waals surface area (Å²) in [5.41, 5.74) is 0.363. The second-order valence-corrected chi connectivity index (χ2v) is 8.49. The molecule has 0 amide bonds. The van der Waals surface area contributed by atoms with E-state index in [0.717, 1.165) is 32.5 Å². The molecule has 3 rings (SSSR count). The summed E-state index contributed by atoms with van der Waals surface area (Å²) >= 11 is 0. The molecule has 1 atom stereocenters. The minimum absolute atomic E-state index is 0.0354. The summed E-state index contributed by atoms with van der Waals surface area (Å²) in [6.07, 6.45) is 4.03. The van der Waals surface area contributed by atoms with Gasteiger partial charge in [0.1, 0.15) is 0 Å². The maximum Gasteiger partial charge on any atom is 0.270 e. The largest absolute Gasteiger partial charge is 0.302 e. The highest BCUT2D eigenvalue weighted by atomic mass is 32.2. The van der Waals surface area contributed by atoms with E-state index in [9.17, 15) is 18.5 Å². The van der Waals surface area contributed by atoms with Crippen LogP contribution in [0.15, 0.2) is 23.1 Å². The number of hydrogen-bond donors (Lipinski definition) is 0. The van der Waals surface area contributed by atoms with Gasteiger partial charge in [0.2, 0.25) is 10.0 Å². The fourth-order valence-corrected chi connectivity index (χ4v) is 5.61. The summed E-state index contributed by atoms with van der Waals surface area (Å²) in [7, 11) is -3.71. The number of hydrogen-bond acceptors (Lipinski definition) is 5. The summed E-state index contributed by atoms with van der Waals surface area (Å²) in [5, 5.41) is 11.0. The summed E-state index contributed by atoms with van der Waals surface area (Å²) in [4.78, 5) is 12.8. The Labute approximate surface area is 142 Å². The number of aryl methyl sites for hydroxylation is 1. The first kappa shape index (κ1) is 17.3. The lowest BCUT2D eigenvalue weighted by Crippen LogP contribution is -2.42. The Morgan fingerprint density at radius 1 is 1.21 bits per heavy atom. The van der Waals surface area contributed by atoms with E-state index in [2.05, 4.69) is 4.90 Å². The quantitative estimate of drug-likeness (QED) is 0.598. The molecule has 2 saturated heterocycles. The highest BCUT2D eigenvalue weighted by Gasteiger charge is 2.37. The maximum absolute atomic E-state index is 13.1. The van der Waals surface area contributed by atoms with Crippen LogP contribution < -0.4 is 0 Å². The van der Waals surface area contributed by atoms with Crippen molar-refractivity contribution in [3.05, 3.63) is 33.9 Å². The van der Waals surface area contributed by atoms with Crippen LogP contribution in [0.3, 0.4) is 0 Å². The lowest BCUT2D eigenvalue weighted by molar-refractivity contribution is -0.385. The van der Waals surface area contributed by atoms with Crippen LogP contribution in [0.5, 0.6) is 0 Å². The molecule has 1 aromatic carbocycles. The predicted octanol–water partition coefficient (Wildman–Crippen LogP) is 2.15. The molecule has 2 heterocycles. The van der Waals surface area contributed by atoms with Gasteiger partial charge in [-0.05, 0) is 51.3 Å². The molecule has 2 fully saturated rings. The normalized spacial score (nSPS) is 23.0. The van der Waals surface area contributed by atoms with Crippen molar-refractivity contribution in [2.75, 3.05) is 26.2 Å². The minimum Gasteiger partial charge on any atom is -0.302 e. The van der Waals surface area contributed by atoms with E-state index in [1.807, 2.05) is 0 Å². The number of likely N-dealkylation sites (tertiary alicyclic amines) is 1. The van der Waals surface area contributed by atoms with Crippen LogP contribution >= 0.6 is 0 Å². The molecule has 2 aliphatic heterocycles. The van der Waals surface area contributed by atoms with Gasteiger partial charge in [-0.15, -0.1) is 0 Å². The van der Waals surface area contributed by atoms with Crippen molar-refractivity contribution in [2.24, 2.45) is 0 Å². The summed E-state index contributed by atoms with van der Waals surface area (Å²) in [6.45, 7) is 4.98. The first-order valence-corrected chi connectivity index (χ1v) is 9.83. The molecule has 24 heavy (non-hydrogen) atoms. The van der Waals surface area contributed by atoms with Gasteiger partial charge in [-0.25, -0.2) is 8.42 Å². The van der Waals surface area contributed by atoms with Crippen molar-refractivity contribution in [2.45, 2.75) is 43.5 Å². The zero-order chi connectivity index (χ0) is 17.3. The van der Waals surface area contributed by atoms with E-state index in [0.29, 0.717) is 12.1 Å².